The molecule has 1 amide bonds. The number of rotatable bonds is 5. The second-order valence-electron chi connectivity index (χ2n) is 6.40. The lowest BCUT2D eigenvalue weighted by Gasteiger charge is -2.32. The van der Waals surface area contributed by atoms with Gasteiger partial charge in [0.05, 0.1) is 17.2 Å². The summed E-state index contributed by atoms with van der Waals surface area (Å²) in [6.45, 7) is 4.69. The van der Waals surface area contributed by atoms with E-state index in [1.807, 2.05) is 0 Å². The molecule has 1 atom stereocenters. The normalized spacial score (nSPS) is 19.3. The lowest BCUT2D eigenvalue weighted by atomic mass is 10.2. The van der Waals surface area contributed by atoms with Gasteiger partial charge < -0.3 is 9.64 Å². The number of likely N-dealkylation sites (tertiary alicyclic amines) is 1. The van der Waals surface area contributed by atoms with Gasteiger partial charge in [0.25, 0.3) is 5.91 Å². The monoisotopic (exact) mass is 393 g/mol. The Morgan fingerprint density at radius 3 is 2.48 bits per heavy atom. The van der Waals surface area contributed by atoms with Gasteiger partial charge in [-0.15, -0.1) is 0 Å². The lowest BCUT2D eigenvalue weighted by molar-refractivity contribution is -0.144. The number of carbonyl (C=O) groups excluding carboxylic acids is 2. The molecule has 27 heavy (non-hydrogen) atoms. The number of sulfone groups is 1. The van der Waals surface area contributed by atoms with Crippen LogP contribution >= 0.6 is 0 Å². The fourth-order valence-corrected chi connectivity index (χ4v) is 4.77. The molecule has 3 rings (SSSR count). The third kappa shape index (κ3) is 3.43. The molecule has 1 aromatic rings. The smallest absolute Gasteiger partial charge is 0.330 e. The van der Waals surface area contributed by atoms with E-state index in [1.54, 1.807) is 32.0 Å². The maximum Gasteiger partial charge on any atom is 0.330 e. The van der Waals surface area contributed by atoms with Crippen molar-refractivity contribution >= 4 is 32.4 Å². The Hall–Kier alpha value is -2.42. The van der Waals surface area contributed by atoms with E-state index in [4.69, 9.17) is 4.74 Å². The van der Waals surface area contributed by atoms with Crippen LogP contribution in [0.3, 0.4) is 0 Å². The number of para-hydroxylation sites is 1. The molecule has 0 bridgehead atoms. The molecule has 0 aromatic heterocycles. The first-order valence-electron chi connectivity index (χ1n) is 9.09. The molecular formula is C18H23N3O5S. The van der Waals surface area contributed by atoms with Crippen LogP contribution in [0.1, 0.15) is 33.1 Å². The fourth-order valence-electron chi connectivity index (χ4n) is 3.31. The highest BCUT2D eigenvalue weighted by atomic mass is 32.2. The van der Waals surface area contributed by atoms with Crippen LogP contribution in [0.4, 0.5) is 5.69 Å². The average molecular weight is 393 g/mol. The van der Waals surface area contributed by atoms with Gasteiger partial charge >= 0.3 is 5.97 Å². The van der Waals surface area contributed by atoms with E-state index in [1.165, 1.54) is 16.0 Å². The Kier molecular flexibility index (Phi) is 5.50. The Labute approximate surface area is 158 Å². The number of hydrogen-bond acceptors (Lipinski definition) is 7. The van der Waals surface area contributed by atoms with Crippen molar-refractivity contribution in [3.05, 3.63) is 24.3 Å². The Balaban J connectivity index is 2.11. The summed E-state index contributed by atoms with van der Waals surface area (Å²) in [7, 11) is -4.07. The zero-order valence-electron chi connectivity index (χ0n) is 15.4. The summed E-state index contributed by atoms with van der Waals surface area (Å²) >= 11 is 0. The molecule has 9 heteroatoms. The van der Waals surface area contributed by atoms with E-state index in [9.17, 15) is 18.0 Å². The Bertz CT molecular complexity index is 875. The molecule has 0 spiro atoms. The van der Waals surface area contributed by atoms with Crippen molar-refractivity contribution in [2.75, 3.05) is 24.7 Å². The van der Waals surface area contributed by atoms with Gasteiger partial charge in [0.15, 0.2) is 0 Å². The minimum absolute atomic E-state index is 0.0229. The highest BCUT2D eigenvalue weighted by Gasteiger charge is 2.42. The molecule has 2 aliphatic heterocycles. The highest BCUT2D eigenvalue weighted by Crippen LogP contribution is 2.34. The maximum atomic E-state index is 13.0. The molecule has 1 saturated heterocycles. The largest absolute Gasteiger partial charge is 0.464 e. The van der Waals surface area contributed by atoms with Gasteiger partial charge in [-0.25, -0.2) is 18.2 Å². The highest BCUT2D eigenvalue weighted by molar-refractivity contribution is 8.08. The fraction of sp³-hybridized carbons (Fsp3) is 0.500. The molecule has 0 aliphatic carbocycles. The number of esters is 1. The number of hydrogen-bond donors (Lipinski definition) is 0. The standard InChI is InChI=1S/C18H23N3O5S/c1-3-13(18(23)26-4-2)21-14-9-5-6-10-15(14)27(24,25)16(19-21)17(22)20-11-7-8-12-20/h5-6,9-10,13H,3-4,7-8,11-12H2,1-2H3/t13-/m0/s1. The number of fused-ring (bicyclic) bond motifs is 1. The van der Waals surface area contributed by atoms with Crippen LogP contribution in [-0.4, -0.2) is 56.0 Å². The number of amides is 1. The molecule has 2 aliphatic rings. The third-order valence-corrected chi connectivity index (χ3v) is 6.36. The summed E-state index contributed by atoms with van der Waals surface area (Å²) in [5, 5.41) is 4.95. The van der Waals surface area contributed by atoms with Gasteiger partial charge in [0, 0.05) is 13.1 Å². The van der Waals surface area contributed by atoms with E-state index in [0.717, 1.165) is 12.8 Å². The zero-order valence-corrected chi connectivity index (χ0v) is 16.2. The van der Waals surface area contributed by atoms with Gasteiger partial charge in [-0.3, -0.25) is 4.79 Å². The summed E-state index contributed by atoms with van der Waals surface area (Å²) < 4.78 is 31.2. The molecule has 8 nitrogen and oxygen atoms in total. The molecular weight excluding hydrogens is 370 g/mol. The Morgan fingerprint density at radius 1 is 1.19 bits per heavy atom. The van der Waals surface area contributed by atoms with Crippen LogP contribution in [-0.2, 0) is 24.2 Å². The van der Waals surface area contributed by atoms with Crippen LogP contribution in [0.2, 0.25) is 0 Å². The first-order chi connectivity index (χ1) is 12.9. The van der Waals surface area contributed by atoms with Gasteiger partial charge in [-0.1, -0.05) is 19.1 Å². The minimum Gasteiger partial charge on any atom is -0.464 e. The van der Waals surface area contributed by atoms with Crippen molar-refractivity contribution in [2.24, 2.45) is 5.10 Å². The van der Waals surface area contributed by atoms with Crippen molar-refractivity contribution in [3.8, 4) is 0 Å². The molecule has 2 heterocycles. The second kappa shape index (κ2) is 7.67. The minimum atomic E-state index is -4.07. The van der Waals surface area contributed by atoms with Gasteiger partial charge in [0.1, 0.15) is 6.04 Å². The molecule has 0 unspecified atom stereocenters. The molecule has 0 N–H and O–H groups in total. The van der Waals surface area contributed by atoms with E-state index in [2.05, 4.69) is 5.10 Å². The second-order valence-corrected chi connectivity index (χ2v) is 8.23. The SMILES string of the molecule is CCOC(=O)[C@H](CC)N1N=C(C(=O)N2CCCC2)S(=O)(=O)c2ccccc21. The molecule has 146 valence electrons. The molecule has 0 saturated carbocycles. The van der Waals surface area contributed by atoms with Crippen molar-refractivity contribution in [1.82, 2.24) is 4.90 Å². The predicted octanol–water partition coefficient (Wildman–Crippen LogP) is 1.56. The summed E-state index contributed by atoms with van der Waals surface area (Å²) in [5.74, 6) is -1.13. The van der Waals surface area contributed by atoms with Gasteiger partial charge in [0.2, 0.25) is 14.9 Å². The summed E-state index contributed by atoms with van der Waals surface area (Å²) in [4.78, 5) is 26.7. The quantitative estimate of drug-likeness (QED) is 0.705. The average Bonchev–Trinajstić information content (AvgIpc) is 3.18. The predicted molar refractivity (Wildman–Crippen MR) is 100 cm³/mol. The summed E-state index contributed by atoms with van der Waals surface area (Å²) in [6.07, 6.45) is 2.02. The first-order valence-corrected chi connectivity index (χ1v) is 10.6. The number of hydrazone groups is 1. The number of carbonyl (C=O) groups is 2. The number of ether oxygens (including phenoxy) is 1. The van der Waals surface area contributed by atoms with E-state index < -0.39 is 32.8 Å². The summed E-state index contributed by atoms with van der Waals surface area (Å²) in [6, 6.07) is 5.45. The van der Waals surface area contributed by atoms with Gasteiger partial charge in [-0.05, 0) is 38.3 Å². The number of benzene rings is 1. The maximum absolute atomic E-state index is 13.0. The molecule has 0 radical (unpaired) electrons. The van der Waals surface area contributed by atoms with Gasteiger partial charge in [-0.2, -0.15) is 5.10 Å². The van der Waals surface area contributed by atoms with Crippen LogP contribution in [0.15, 0.2) is 34.3 Å². The van der Waals surface area contributed by atoms with Crippen molar-refractivity contribution in [3.63, 3.8) is 0 Å². The zero-order chi connectivity index (χ0) is 19.6. The van der Waals surface area contributed by atoms with E-state index in [0.29, 0.717) is 19.5 Å². The van der Waals surface area contributed by atoms with Crippen molar-refractivity contribution in [2.45, 2.75) is 44.0 Å². The van der Waals surface area contributed by atoms with E-state index in [-0.39, 0.29) is 17.2 Å². The van der Waals surface area contributed by atoms with E-state index >= 15 is 0 Å². The van der Waals surface area contributed by atoms with Crippen molar-refractivity contribution in [1.29, 1.82) is 0 Å². The number of anilines is 1. The number of nitrogens with zero attached hydrogens (tertiary/aromatic N) is 3. The van der Waals surface area contributed by atoms with Crippen molar-refractivity contribution < 1.29 is 22.7 Å². The van der Waals surface area contributed by atoms with Crippen LogP contribution < -0.4 is 5.01 Å². The van der Waals surface area contributed by atoms with Crippen LogP contribution in [0.25, 0.3) is 0 Å². The van der Waals surface area contributed by atoms with Crippen LogP contribution in [0, 0.1) is 0 Å². The summed E-state index contributed by atoms with van der Waals surface area (Å²) in [5.41, 5.74) is 0.273. The topological polar surface area (TPSA) is 96.3 Å². The molecule has 1 fully saturated rings. The third-order valence-electron chi connectivity index (χ3n) is 4.67. The Morgan fingerprint density at radius 2 is 1.85 bits per heavy atom. The first kappa shape index (κ1) is 19.3. The lowest BCUT2D eigenvalue weighted by Crippen LogP contribution is -2.47. The van der Waals surface area contributed by atoms with Crippen LogP contribution in [0.5, 0.6) is 0 Å². The molecule has 1 aromatic carbocycles.